The molecule has 0 aliphatic heterocycles. The van der Waals surface area contributed by atoms with Crippen molar-refractivity contribution in [3.05, 3.63) is 29.8 Å². The van der Waals surface area contributed by atoms with Crippen molar-refractivity contribution < 1.29 is 0 Å². The molecule has 0 amide bonds. The molecule has 1 aliphatic rings. The maximum atomic E-state index is 8.70. The van der Waals surface area contributed by atoms with Crippen LogP contribution in [0.3, 0.4) is 0 Å². The average molecular weight is 214 g/mol. The summed E-state index contributed by atoms with van der Waals surface area (Å²) in [6.07, 6.45) is 5.33. The molecule has 1 N–H and O–H groups in total. The van der Waals surface area contributed by atoms with Gasteiger partial charge >= 0.3 is 0 Å². The van der Waals surface area contributed by atoms with Gasteiger partial charge < -0.3 is 5.32 Å². The third-order valence-electron chi connectivity index (χ3n) is 3.42. The second kappa shape index (κ2) is 4.57. The first-order valence-electron chi connectivity index (χ1n) is 6.02. The normalized spacial score (nSPS) is 16.5. The van der Waals surface area contributed by atoms with E-state index in [1.54, 1.807) is 0 Å². The molecule has 0 radical (unpaired) electrons. The molecular formula is C14H18N2. The summed E-state index contributed by atoms with van der Waals surface area (Å²) in [5.41, 5.74) is 2.42. The van der Waals surface area contributed by atoms with Crippen LogP contribution in [0, 0.1) is 16.7 Å². The van der Waals surface area contributed by atoms with E-state index in [9.17, 15) is 0 Å². The van der Waals surface area contributed by atoms with E-state index in [0.29, 0.717) is 5.41 Å². The molecule has 2 heteroatoms. The van der Waals surface area contributed by atoms with Gasteiger partial charge in [0.1, 0.15) is 0 Å². The molecule has 0 heterocycles. The molecule has 1 aromatic carbocycles. The Labute approximate surface area is 97.3 Å². The molecule has 0 aromatic heterocycles. The fourth-order valence-corrected chi connectivity index (χ4v) is 2.17. The van der Waals surface area contributed by atoms with Crippen LogP contribution < -0.4 is 5.32 Å². The first-order chi connectivity index (χ1) is 7.78. The molecule has 0 saturated heterocycles. The van der Waals surface area contributed by atoms with Gasteiger partial charge in [0.15, 0.2) is 0 Å². The Morgan fingerprint density at radius 3 is 2.50 bits per heavy atom. The van der Waals surface area contributed by atoms with E-state index < -0.39 is 0 Å². The van der Waals surface area contributed by atoms with E-state index in [4.69, 9.17) is 5.26 Å². The van der Waals surface area contributed by atoms with Gasteiger partial charge in [-0.2, -0.15) is 5.26 Å². The number of hydrogen-bond acceptors (Lipinski definition) is 2. The number of nitrogens with zero attached hydrogens (tertiary/aromatic N) is 1. The summed E-state index contributed by atoms with van der Waals surface area (Å²) in [5, 5.41) is 12.2. The minimum absolute atomic E-state index is 0.572. The molecule has 0 unspecified atom stereocenters. The summed E-state index contributed by atoms with van der Waals surface area (Å²) < 4.78 is 0. The zero-order valence-electron chi connectivity index (χ0n) is 9.79. The van der Waals surface area contributed by atoms with E-state index in [-0.39, 0.29) is 0 Å². The molecule has 2 rings (SSSR count). The SMILES string of the molecule is CCCC1(CNc2ccc(C#N)cc2)CC1. The smallest absolute Gasteiger partial charge is 0.0991 e. The Kier molecular flexibility index (Phi) is 3.14. The number of nitriles is 1. The highest BCUT2D eigenvalue weighted by molar-refractivity contribution is 5.47. The van der Waals surface area contributed by atoms with Crippen LogP contribution >= 0.6 is 0 Å². The number of rotatable bonds is 5. The van der Waals surface area contributed by atoms with Crippen molar-refractivity contribution in [2.24, 2.45) is 5.41 Å². The summed E-state index contributed by atoms with van der Waals surface area (Å²) in [6, 6.07) is 9.83. The van der Waals surface area contributed by atoms with E-state index in [1.807, 2.05) is 24.3 Å². The lowest BCUT2D eigenvalue weighted by Crippen LogP contribution is -2.15. The van der Waals surface area contributed by atoms with Crippen molar-refractivity contribution in [2.45, 2.75) is 32.6 Å². The summed E-state index contributed by atoms with van der Waals surface area (Å²) in [5.74, 6) is 0. The van der Waals surface area contributed by atoms with Crippen LogP contribution in [0.1, 0.15) is 38.2 Å². The average Bonchev–Trinajstić information content (AvgIpc) is 3.08. The van der Waals surface area contributed by atoms with E-state index in [1.165, 1.54) is 25.7 Å². The van der Waals surface area contributed by atoms with Gasteiger partial charge in [-0.3, -0.25) is 0 Å². The largest absolute Gasteiger partial charge is 0.384 e. The Balaban J connectivity index is 1.88. The number of anilines is 1. The number of benzene rings is 1. The van der Waals surface area contributed by atoms with Gasteiger partial charge in [-0.1, -0.05) is 13.3 Å². The topological polar surface area (TPSA) is 35.8 Å². The monoisotopic (exact) mass is 214 g/mol. The van der Waals surface area contributed by atoms with E-state index in [2.05, 4.69) is 18.3 Å². The van der Waals surface area contributed by atoms with Gasteiger partial charge in [0.2, 0.25) is 0 Å². The van der Waals surface area contributed by atoms with Crippen LogP contribution in [-0.2, 0) is 0 Å². The Morgan fingerprint density at radius 1 is 1.31 bits per heavy atom. The zero-order chi connectivity index (χ0) is 11.4. The van der Waals surface area contributed by atoms with Crippen molar-refractivity contribution in [2.75, 3.05) is 11.9 Å². The maximum Gasteiger partial charge on any atom is 0.0991 e. The summed E-state index contributed by atoms with van der Waals surface area (Å²) in [7, 11) is 0. The molecule has 0 spiro atoms. The molecular weight excluding hydrogens is 196 g/mol. The molecule has 84 valence electrons. The van der Waals surface area contributed by atoms with Gasteiger partial charge in [0.25, 0.3) is 0 Å². The molecule has 16 heavy (non-hydrogen) atoms. The summed E-state index contributed by atoms with van der Waals surface area (Å²) in [6.45, 7) is 3.33. The van der Waals surface area contributed by atoms with Gasteiger partial charge in [0, 0.05) is 12.2 Å². The van der Waals surface area contributed by atoms with Crippen LogP contribution in [0.2, 0.25) is 0 Å². The van der Waals surface area contributed by atoms with Gasteiger partial charge in [0.05, 0.1) is 11.6 Å². The second-order valence-electron chi connectivity index (χ2n) is 4.79. The van der Waals surface area contributed by atoms with Gasteiger partial charge in [-0.15, -0.1) is 0 Å². The van der Waals surface area contributed by atoms with Gasteiger partial charge in [-0.25, -0.2) is 0 Å². The molecule has 1 fully saturated rings. The Hall–Kier alpha value is -1.49. The summed E-state index contributed by atoms with van der Waals surface area (Å²) in [4.78, 5) is 0. The maximum absolute atomic E-state index is 8.70. The van der Waals surface area contributed by atoms with Gasteiger partial charge in [-0.05, 0) is 48.9 Å². The first kappa shape index (κ1) is 11.0. The minimum atomic E-state index is 0.572. The molecule has 1 saturated carbocycles. The van der Waals surface area contributed by atoms with Crippen LogP contribution in [0.5, 0.6) is 0 Å². The molecule has 1 aromatic rings. The molecule has 1 aliphatic carbocycles. The number of nitrogens with one attached hydrogen (secondary N) is 1. The first-order valence-corrected chi connectivity index (χ1v) is 6.02. The highest BCUT2D eigenvalue weighted by Crippen LogP contribution is 2.49. The Morgan fingerprint density at radius 2 is 2.00 bits per heavy atom. The van der Waals surface area contributed by atoms with Crippen molar-refractivity contribution >= 4 is 5.69 Å². The molecule has 0 atom stereocenters. The lowest BCUT2D eigenvalue weighted by molar-refractivity contribution is 0.486. The highest BCUT2D eigenvalue weighted by Gasteiger charge is 2.40. The predicted molar refractivity (Wildman–Crippen MR) is 66.2 cm³/mol. The van der Waals surface area contributed by atoms with Crippen LogP contribution in [0.25, 0.3) is 0 Å². The third-order valence-corrected chi connectivity index (χ3v) is 3.42. The van der Waals surface area contributed by atoms with Crippen LogP contribution in [-0.4, -0.2) is 6.54 Å². The van der Waals surface area contributed by atoms with Crippen LogP contribution in [0.4, 0.5) is 5.69 Å². The highest BCUT2D eigenvalue weighted by atomic mass is 14.9. The lowest BCUT2D eigenvalue weighted by atomic mass is 10.0. The fourth-order valence-electron chi connectivity index (χ4n) is 2.17. The van der Waals surface area contributed by atoms with Crippen molar-refractivity contribution in [1.82, 2.24) is 0 Å². The zero-order valence-corrected chi connectivity index (χ0v) is 9.79. The fraction of sp³-hybridized carbons (Fsp3) is 0.500. The quantitative estimate of drug-likeness (QED) is 0.813. The third kappa shape index (κ3) is 2.55. The Bertz CT molecular complexity index is 382. The lowest BCUT2D eigenvalue weighted by Gasteiger charge is -2.15. The van der Waals surface area contributed by atoms with Crippen molar-refractivity contribution in [3.8, 4) is 6.07 Å². The predicted octanol–water partition coefficient (Wildman–Crippen LogP) is 3.55. The van der Waals surface area contributed by atoms with Crippen LogP contribution in [0.15, 0.2) is 24.3 Å². The van der Waals surface area contributed by atoms with E-state index in [0.717, 1.165) is 17.8 Å². The van der Waals surface area contributed by atoms with Crippen molar-refractivity contribution in [1.29, 1.82) is 5.26 Å². The standard InChI is InChI=1S/C14H18N2/c1-2-7-14(8-9-14)11-16-13-5-3-12(10-15)4-6-13/h3-6,16H,2,7-9,11H2,1H3. The molecule has 0 bridgehead atoms. The van der Waals surface area contributed by atoms with E-state index >= 15 is 0 Å². The minimum Gasteiger partial charge on any atom is -0.384 e. The second-order valence-corrected chi connectivity index (χ2v) is 4.79. The summed E-state index contributed by atoms with van der Waals surface area (Å²) >= 11 is 0. The number of hydrogen-bond donors (Lipinski definition) is 1. The van der Waals surface area contributed by atoms with Crippen molar-refractivity contribution in [3.63, 3.8) is 0 Å². The molecule has 2 nitrogen and oxygen atoms in total.